The molecule has 118 valence electrons. The number of para-hydroxylation sites is 1. The van der Waals surface area contributed by atoms with Crippen molar-refractivity contribution in [3.05, 3.63) is 58.4 Å². The lowest BCUT2D eigenvalue weighted by molar-refractivity contribution is 0.153. The number of aromatic amines is 1. The molecule has 3 heterocycles. The highest BCUT2D eigenvalue weighted by atomic mass is 16.3. The number of nitrogens with zero attached hydrogens (tertiary/aromatic N) is 2. The molecule has 24 heavy (non-hydrogen) atoms. The highest BCUT2D eigenvalue weighted by molar-refractivity contribution is 5.95. The van der Waals surface area contributed by atoms with Gasteiger partial charge in [0.05, 0.1) is 34.8 Å². The van der Waals surface area contributed by atoms with Crippen LogP contribution in [0.1, 0.15) is 11.7 Å². The summed E-state index contributed by atoms with van der Waals surface area (Å²) in [6, 6.07) is 12.3. The molecule has 0 aliphatic carbocycles. The lowest BCUT2D eigenvalue weighted by Gasteiger charge is -2.23. The molecule has 0 unspecified atom stereocenters. The van der Waals surface area contributed by atoms with Gasteiger partial charge in [0.15, 0.2) is 5.82 Å². The number of aromatic nitrogens is 3. The largest absolute Gasteiger partial charge is 0.507 e. The Morgan fingerprint density at radius 2 is 2.00 bits per heavy atom. The summed E-state index contributed by atoms with van der Waals surface area (Å²) in [5.74, 6) is 0.579. The SMILES string of the molecule is O=c1c2ccccc2nc2n1C[C@H](O)c1c-2[nH]c2cccc(O)c12. The van der Waals surface area contributed by atoms with Crippen LogP contribution in [0.3, 0.4) is 0 Å². The standard InChI is InChI=1S/C18H13N3O3/c22-12-7-3-6-11-14(12)15-13(23)8-21-17(16(15)19-11)20-10-5-2-1-4-9(10)18(21)24/h1-7,13,19,22-23H,8H2/t13-/m0/s1. The third-order valence-electron chi connectivity index (χ3n) is 4.61. The summed E-state index contributed by atoms with van der Waals surface area (Å²) in [4.78, 5) is 20.6. The number of hydrogen-bond donors (Lipinski definition) is 3. The van der Waals surface area contributed by atoms with Crippen molar-refractivity contribution in [1.82, 2.24) is 14.5 Å². The van der Waals surface area contributed by atoms with Crippen LogP contribution >= 0.6 is 0 Å². The van der Waals surface area contributed by atoms with Gasteiger partial charge in [-0.1, -0.05) is 18.2 Å². The van der Waals surface area contributed by atoms with E-state index in [-0.39, 0.29) is 17.9 Å². The van der Waals surface area contributed by atoms with E-state index < -0.39 is 6.10 Å². The average molecular weight is 319 g/mol. The molecule has 0 radical (unpaired) electrons. The number of phenols is 1. The second-order valence-corrected chi connectivity index (χ2v) is 6.00. The van der Waals surface area contributed by atoms with Crippen molar-refractivity contribution < 1.29 is 10.2 Å². The van der Waals surface area contributed by atoms with Gasteiger partial charge in [0.1, 0.15) is 5.75 Å². The van der Waals surface area contributed by atoms with Gasteiger partial charge in [0, 0.05) is 10.9 Å². The van der Waals surface area contributed by atoms with Crippen LogP contribution in [0.15, 0.2) is 47.3 Å². The maximum absolute atomic E-state index is 12.8. The Morgan fingerprint density at radius 1 is 1.17 bits per heavy atom. The van der Waals surface area contributed by atoms with Gasteiger partial charge < -0.3 is 15.2 Å². The number of nitrogens with one attached hydrogen (secondary N) is 1. The first-order valence-corrected chi connectivity index (χ1v) is 7.66. The van der Waals surface area contributed by atoms with Gasteiger partial charge in [-0.2, -0.15) is 0 Å². The second-order valence-electron chi connectivity index (χ2n) is 6.00. The number of hydrogen-bond acceptors (Lipinski definition) is 4. The lowest BCUT2D eigenvalue weighted by atomic mass is 10.0. The number of phenolic OH excluding ortho intramolecular Hbond substituents is 1. The fourth-order valence-electron chi connectivity index (χ4n) is 3.56. The molecule has 1 aliphatic rings. The molecule has 1 aliphatic heterocycles. The second kappa shape index (κ2) is 4.46. The van der Waals surface area contributed by atoms with E-state index in [4.69, 9.17) is 0 Å². The quantitative estimate of drug-likeness (QED) is 0.464. The zero-order valence-corrected chi connectivity index (χ0v) is 12.5. The van der Waals surface area contributed by atoms with Crippen LogP contribution in [0.25, 0.3) is 33.3 Å². The third-order valence-corrected chi connectivity index (χ3v) is 4.61. The lowest BCUT2D eigenvalue weighted by Crippen LogP contribution is -2.29. The number of aliphatic hydroxyl groups excluding tert-OH is 1. The molecule has 1 atom stereocenters. The van der Waals surface area contributed by atoms with Crippen LogP contribution in [0.4, 0.5) is 0 Å². The molecule has 6 nitrogen and oxygen atoms in total. The fraction of sp³-hybridized carbons (Fsp3) is 0.111. The van der Waals surface area contributed by atoms with E-state index in [0.717, 1.165) is 0 Å². The maximum Gasteiger partial charge on any atom is 0.261 e. The van der Waals surface area contributed by atoms with Crippen molar-refractivity contribution in [3.63, 3.8) is 0 Å². The number of rotatable bonds is 0. The van der Waals surface area contributed by atoms with Crippen molar-refractivity contribution in [2.75, 3.05) is 0 Å². The molecule has 0 amide bonds. The number of fused-ring (bicyclic) bond motifs is 6. The summed E-state index contributed by atoms with van der Waals surface area (Å²) in [5, 5.41) is 21.9. The Hall–Kier alpha value is -3.12. The first-order chi connectivity index (χ1) is 11.6. The molecular weight excluding hydrogens is 306 g/mol. The van der Waals surface area contributed by atoms with Crippen LogP contribution in [0.2, 0.25) is 0 Å². The number of H-pyrrole nitrogens is 1. The Balaban J connectivity index is 1.95. The van der Waals surface area contributed by atoms with Crippen LogP contribution in [0, 0.1) is 0 Å². The van der Waals surface area contributed by atoms with Gasteiger partial charge in [-0.3, -0.25) is 9.36 Å². The molecular formula is C18H13N3O3. The minimum atomic E-state index is -0.893. The van der Waals surface area contributed by atoms with Gasteiger partial charge in [-0.05, 0) is 24.3 Å². The molecule has 2 aromatic carbocycles. The summed E-state index contributed by atoms with van der Waals surface area (Å²) in [6.07, 6.45) is -0.893. The number of aromatic hydroxyl groups is 1. The van der Waals surface area contributed by atoms with Gasteiger partial charge in [-0.15, -0.1) is 0 Å². The van der Waals surface area contributed by atoms with Crippen LogP contribution < -0.4 is 5.56 Å². The van der Waals surface area contributed by atoms with Crippen molar-refractivity contribution in [2.24, 2.45) is 0 Å². The maximum atomic E-state index is 12.8. The van der Waals surface area contributed by atoms with Crippen LogP contribution in [0.5, 0.6) is 5.75 Å². The summed E-state index contributed by atoms with van der Waals surface area (Å²) < 4.78 is 1.49. The van der Waals surface area contributed by atoms with E-state index in [1.807, 2.05) is 12.1 Å². The summed E-state index contributed by atoms with van der Waals surface area (Å²) >= 11 is 0. The normalized spacial score (nSPS) is 16.3. The Bertz CT molecular complexity index is 1190. The number of benzene rings is 2. The molecule has 0 bridgehead atoms. The van der Waals surface area contributed by atoms with E-state index in [1.54, 1.807) is 30.3 Å². The Morgan fingerprint density at radius 3 is 2.88 bits per heavy atom. The molecule has 0 saturated carbocycles. The topological polar surface area (TPSA) is 91.1 Å². The van der Waals surface area contributed by atoms with Crippen molar-refractivity contribution in [1.29, 1.82) is 0 Å². The highest BCUT2D eigenvalue weighted by Gasteiger charge is 2.30. The molecule has 3 N–H and O–H groups in total. The Labute approximate surface area is 135 Å². The molecule has 0 fully saturated rings. The zero-order valence-electron chi connectivity index (χ0n) is 12.5. The van der Waals surface area contributed by atoms with Gasteiger partial charge in [-0.25, -0.2) is 4.98 Å². The van der Waals surface area contributed by atoms with Gasteiger partial charge in [0.2, 0.25) is 0 Å². The van der Waals surface area contributed by atoms with E-state index in [9.17, 15) is 15.0 Å². The molecule has 0 spiro atoms. The first kappa shape index (κ1) is 13.3. The fourth-order valence-corrected chi connectivity index (χ4v) is 3.56. The first-order valence-electron chi connectivity index (χ1n) is 7.66. The Kier molecular flexibility index (Phi) is 2.47. The predicted octanol–water partition coefficient (Wildman–Crippen LogP) is 2.30. The molecule has 0 saturated heterocycles. The van der Waals surface area contributed by atoms with Crippen molar-refractivity contribution in [2.45, 2.75) is 12.6 Å². The predicted molar refractivity (Wildman–Crippen MR) is 89.9 cm³/mol. The third kappa shape index (κ3) is 1.58. The van der Waals surface area contributed by atoms with Crippen molar-refractivity contribution >= 4 is 21.8 Å². The van der Waals surface area contributed by atoms with E-state index >= 15 is 0 Å². The minimum Gasteiger partial charge on any atom is -0.507 e. The molecule has 5 rings (SSSR count). The average Bonchev–Trinajstić information content (AvgIpc) is 2.98. The number of aliphatic hydroxyl groups is 1. The molecule has 2 aromatic heterocycles. The zero-order chi connectivity index (χ0) is 16.4. The summed E-state index contributed by atoms with van der Waals surface area (Å²) in [7, 11) is 0. The molecule has 6 heteroatoms. The smallest absolute Gasteiger partial charge is 0.261 e. The van der Waals surface area contributed by atoms with Gasteiger partial charge >= 0.3 is 0 Å². The monoisotopic (exact) mass is 319 g/mol. The van der Waals surface area contributed by atoms with Crippen LogP contribution in [-0.4, -0.2) is 24.7 Å². The summed E-state index contributed by atoms with van der Waals surface area (Å²) in [6.45, 7) is 0.111. The van der Waals surface area contributed by atoms with Gasteiger partial charge in [0.25, 0.3) is 5.56 Å². The van der Waals surface area contributed by atoms with E-state index in [2.05, 4.69) is 9.97 Å². The minimum absolute atomic E-state index is 0.0978. The van der Waals surface area contributed by atoms with Crippen LogP contribution in [-0.2, 0) is 6.54 Å². The van der Waals surface area contributed by atoms with E-state index in [1.165, 1.54) is 4.57 Å². The summed E-state index contributed by atoms with van der Waals surface area (Å²) in [5.41, 5.74) is 2.30. The molecule has 4 aromatic rings. The van der Waals surface area contributed by atoms with E-state index in [0.29, 0.717) is 38.9 Å². The highest BCUT2D eigenvalue weighted by Crippen LogP contribution is 2.41. The van der Waals surface area contributed by atoms with Crippen molar-refractivity contribution in [3.8, 4) is 17.3 Å².